The lowest BCUT2D eigenvalue weighted by Crippen LogP contribution is -2.17. The third-order valence-corrected chi connectivity index (χ3v) is 7.72. The smallest absolute Gasteiger partial charge is 0.259 e. The first-order chi connectivity index (χ1) is 13.8. The van der Waals surface area contributed by atoms with Gasteiger partial charge < -0.3 is 5.11 Å². The molecular weight excluding hydrogens is 418 g/mol. The van der Waals surface area contributed by atoms with Crippen molar-refractivity contribution < 1.29 is 14.1 Å². The molecule has 1 aromatic carbocycles. The number of hydrogen-bond acceptors (Lipinski definition) is 5. The third-order valence-electron chi connectivity index (χ3n) is 4.83. The largest absolute Gasteiger partial charge is 0.386 e. The highest BCUT2D eigenvalue weighted by Gasteiger charge is 2.23. The van der Waals surface area contributed by atoms with E-state index in [1.54, 1.807) is 31.4 Å². The molecule has 0 fully saturated rings. The lowest BCUT2D eigenvalue weighted by Gasteiger charge is -2.19. The lowest BCUT2D eigenvalue weighted by molar-refractivity contribution is -0.117. The standard InChI is InChI=1S/C22H29N3O3S2/c1-13(2)17-7-15(11-23)8-18(14(3)4)19(17)10-20(26)25-30(24,28)21-9-16(12-29-21)22(5,6)27/h7-9,12-14,27H,10H2,1-6H3,(H2,24,25,26,28). The van der Waals surface area contributed by atoms with Gasteiger partial charge in [0.1, 0.15) is 4.21 Å². The SMILES string of the molecule is CC(C)c1cc(C#N)cc(C(C)C)c1CC(=O)N=S(N)(=O)c1cc(C(C)(C)O)cs1. The molecule has 6 nitrogen and oxygen atoms in total. The Labute approximate surface area is 183 Å². The molecule has 0 aliphatic heterocycles. The maximum atomic E-state index is 12.9. The highest BCUT2D eigenvalue weighted by molar-refractivity contribution is 7.93. The highest BCUT2D eigenvalue weighted by Crippen LogP contribution is 2.31. The molecule has 1 aromatic heterocycles. The van der Waals surface area contributed by atoms with E-state index in [9.17, 15) is 19.4 Å². The zero-order chi connectivity index (χ0) is 22.9. The zero-order valence-corrected chi connectivity index (χ0v) is 19.9. The first-order valence-electron chi connectivity index (χ1n) is 9.72. The molecule has 1 amide bonds. The predicted octanol–water partition coefficient (Wildman–Crippen LogP) is 4.56. The van der Waals surface area contributed by atoms with E-state index in [2.05, 4.69) is 10.4 Å². The molecule has 8 heteroatoms. The summed E-state index contributed by atoms with van der Waals surface area (Å²) in [6.45, 7) is 11.2. The van der Waals surface area contributed by atoms with E-state index in [1.807, 2.05) is 27.7 Å². The van der Waals surface area contributed by atoms with Crippen LogP contribution in [0.1, 0.15) is 81.2 Å². The van der Waals surface area contributed by atoms with Crippen molar-refractivity contribution in [3.05, 3.63) is 51.4 Å². The predicted molar refractivity (Wildman–Crippen MR) is 121 cm³/mol. The van der Waals surface area contributed by atoms with Gasteiger partial charge in [-0.3, -0.25) is 4.79 Å². The highest BCUT2D eigenvalue weighted by atomic mass is 32.2. The van der Waals surface area contributed by atoms with Crippen molar-refractivity contribution in [3.8, 4) is 6.07 Å². The minimum atomic E-state index is -3.42. The fourth-order valence-electron chi connectivity index (χ4n) is 3.19. The van der Waals surface area contributed by atoms with E-state index in [0.29, 0.717) is 11.1 Å². The van der Waals surface area contributed by atoms with Gasteiger partial charge in [0.15, 0.2) is 9.92 Å². The van der Waals surface area contributed by atoms with Crippen LogP contribution in [-0.4, -0.2) is 15.2 Å². The van der Waals surface area contributed by atoms with Gasteiger partial charge in [-0.2, -0.15) is 5.26 Å². The first kappa shape index (κ1) is 24.2. The van der Waals surface area contributed by atoms with Crippen LogP contribution in [-0.2, 0) is 26.7 Å². The molecule has 1 heterocycles. The van der Waals surface area contributed by atoms with Crippen LogP contribution in [0.15, 0.2) is 32.2 Å². The molecule has 2 aromatic rings. The van der Waals surface area contributed by atoms with Crippen LogP contribution in [0, 0.1) is 11.3 Å². The van der Waals surface area contributed by atoms with Crippen LogP contribution in [0.2, 0.25) is 0 Å². The fourth-order valence-corrected chi connectivity index (χ4v) is 5.54. The Bertz CT molecular complexity index is 1080. The number of amides is 1. The molecule has 162 valence electrons. The van der Waals surface area contributed by atoms with Crippen molar-refractivity contribution in [1.82, 2.24) is 0 Å². The lowest BCUT2D eigenvalue weighted by atomic mass is 9.85. The van der Waals surface area contributed by atoms with E-state index >= 15 is 0 Å². The Morgan fingerprint density at radius 1 is 1.23 bits per heavy atom. The van der Waals surface area contributed by atoms with E-state index in [4.69, 9.17) is 5.14 Å². The van der Waals surface area contributed by atoms with Crippen molar-refractivity contribution in [1.29, 1.82) is 5.26 Å². The van der Waals surface area contributed by atoms with E-state index < -0.39 is 21.4 Å². The Kier molecular flexibility index (Phi) is 7.25. The molecule has 3 N–H and O–H groups in total. The normalized spacial score (nSPS) is 13.9. The molecular formula is C22H29N3O3S2. The second-order valence-electron chi connectivity index (χ2n) is 8.50. The summed E-state index contributed by atoms with van der Waals surface area (Å²) in [5.41, 5.74) is 2.65. The molecule has 2 rings (SSSR count). The van der Waals surface area contributed by atoms with Gasteiger partial charge in [0, 0.05) is 0 Å². The first-order valence-corrected chi connectivity index (χ1v) is 12.2. The topological polar surface area (TPSA) is 117 Å². The van der Waals surface area contributed by atoms with Gasteiger partial charge in [-0.15, -0.1) is 15.7 Å². The van der Waals surface area contributed by atoms with Crippen LogP contribution in [0.4, 0.5) is 0 Å². The fraction of sp³-hybridized carbons (Fsp3) is 0.455. The van der Waals surface area contributed by atoms with Crippen LogP contribution in [0.5, 0.6) is 0 Å². The number of carbonyl (C=O) groups is 1. The number of nitrogens with zero attached hydrogens (tertiary/aromatic N) is 2. The molecule has 30 heavy (non-hydrogen) atoms. The monoisotopic (exact) mass is 447 g/mol. The zero-order valence-electron chi connectivity index (χ0n) is 18.2. The van der Waals surface area contributed by atoms with Gasteiger partial charge in [0.05, 0.1) is 23.7 Å². The summed E-state index contributed by atoms with van der Waals surface area (Å²) < 4.78 is 17.0. The molecule has 0 saturated carbocycles. The number of nitrogens with two attached hydrogens (primary N) is 1. The van der Waals surface area contributed by atoms with Crippen LogP contribution >= 0.6 is 11.3 Å². The van der Waals surface area contributed by atoms with Crippen LogP contribution in [0.25, 0.3) is 0 Å². The number of aliphatic hydroxyl groups is 1. The van der Waals surface area contributed by atoms with E-state index in [0.717, 1.165) is 28.0 Å². The summed E-state index contributed by atoms with van der Waals surface area (Å²) in [5, 5.41) is 27.0. The summed E-state index contributed by atoms with van der Waals surface area (Å²) in [5.74, 6) is -0.367. The van der Waals surface area contributed by atoms with Crippen molar-refractivity contribution in [2.45, 2.75) is 69.6 Å². The summed E-state index contributed by atoms with van der Waals surface area (Å²) >= 11 is 1.11. The molecule has 0 aliphatic carbocycles. The van der Waals surface area contributed by atoms with Gasteiger partial charge in [-0.05, 0) is 71.5 Å². The average molecular weight is 448 g/mol. The Morgan fingerprint density at radius 2 is 1.77 bits per heavy atom. The van der Waals surface area contributed by atoms with Gasteiger partial charge in [0.25, 0.3) is 5.91 Å². The minimum absolute atomic E-state index is 0.0371. The van der Waals surface area contributed by atoms with Gasteiger partial charge in [0.2, 0.25) is 0 Å². The van der Waals surface area contributed by atoms with Gasteiger partial charge >= 0.3 is 0 Å². The maximum absolute atomic E-state index is 12.9. The van der Waals surface area contributed by atoms with Crippen molar-refractivity contribution >= 4 is 27.2 Å². The number of carbonyl (C=O) groups excluding carboxylic acids is 1. The maximum Gasteiger partial charge on any atom is 0.259 e. The van der Waals surface area contributed by atoms with Crippen molar-refractivity contribution in [2.75, 3.05) is 0 Å². The summed E-state index contributed by atoms with van der Waals surface area (Å²) in [4.78, 5) is 12.8. The molecule has 1 atom stereocenters. The summed E-state index contributed by atoms with van der Waals surface area (Å²) in [6.07, 6.45) is -0.0371. The summed E-state index contributed by atoms with van der Waals surface area (Å²) in [7, 11) is -3.42. The average Bonchev–Trinajstić information content (AvgIpc) is 3.12. The van der Waals surface area contributed by atoms with Crippen LogP contribution in [0.3, 0.4) is 0 Å². The second kappa shape index (κ2) is 8.98. The number of thiophene rings is 1. The van der Waals surface area contributed by atoms with Gasteiger partial charge in [-0.25, -0.2) is 9.35 Å². The molecule has 0 spiro atoms. The van der Waals surface area contributed by atoms with Crippen molar-refractivity contribution in [3.63, 3.8) is 0 Å². The van der Waals surface area contributed by atoms with E-state index in [-0.39, 0.29) is 22.5 Å². The Balaban J connectivity index is 2.48. The molecule has 1 unspecified atom stereocenters. The molecule has 0 radical (unpaired) electrons. The number of rotatable bonds is 6. The minimum Gasteiger partial charge on any atom is -0.386 e. The third kappa shape index (κ3) is 5.55. The summed E-state index contributed by atoms with van der Waals surface area (Å²) in [6, 6.07) is 7.31. The van der Waals surface area contributed by atoms with Crippen molar-refractivity contribution in [2.24, 2.45) is 9.50 Å². The van der Waals surface area contributed by atoms with Gasteiger partial charge in [-0.1, -0.05) is 27.7 Å². The second-order valence-corrected chi connectivity index (χ2v) is 11.4. The van der Waals surface area contributed by atoms with E-state index in [1.165, 1.54) is 6.07 Å². The number of hydrogen-bond donors (Lipinski definition) is 2. The number of benzene rings is 1. The molecule has 0 aliphatic rings. The quantitative estimate of drug-likeness (QED) is 0.675. The Hall–Kier alpha value is -2.05. The molecule has 0 saturated heterocycles. The Morgan fingerprint density at radius 3 is 2.17 bits per heavy atom. The molecule has 0 bridgehead atoms. The number of nitriles is 1. The van der Waals surface area contributed by atoms with Crippen LogP contribution < -0.4 is 5.14 Å².